The Balaban J connectivity index is 1.81. The molecule has 1 aliphatic rings. The number of ether oxygens (including phenoxy) is 1. The Labute approximate surface area is 152 Å². The van der Waals surface area contributed by atoms with Crippen LogP contribution in [0.5, 0.6) is 0 Å². The molecule has 25 heavy (non-hydrogen) atoms. The number of amides is 1. The van der Waals surface area contributed by atoms with Gasteiger partial charge in [0.15, 0.2) is 0 Å². The van der Waals surface area contributed by atoms with Gasteiger partial charge in [0.1, 0.15) is 12.4 Å². The van der Waals surface area contributed by atoms with Gasteiger partial charge >= 0.3 is 6.09 Å². The molecule has 0 spiro atoms. The summed E-state index contributed by atoms with van der Waals surface area (Å²) in [6.07, 6.45) is 1.27. The van der Waals surface area contributed by atoms with Gasteiger partial charge in [-0.3, -0.25) is 4.90 Å². The number of benzene rings is 1. The maximum atomic E-state index is 12.1. The van der Waals surface area contributed by atoms with Gasteiger partial charge in [0, 0.05) is 11.2 Å². The van der Waals surface area contributed by atoms with E-state index < -0.39 is 0 Å². The molecule has 0 saturated carbocycles. The zero-order valence-corrected chi connectivity index (χ0v) is 15.2. The Morgan fingerprint density at radius 1 is 1.32 bits per heavy atom. The second-order valence-corrected chi connectivity index (χ2v) is 6.85. The van der Waals surface area contributed by atoms with Gasteiger partial charge in [-0.15, -0.1) is 0 Å². The van der Waals surface area contributed by atoms with E-state index >= 15 is 0 Å². The number of nitrogens with zero attached hydrogens (tertiary/aromatic N) is 3. The molecule has 1 saturated heterocycles. The monoisotopic (exact) mass is 360 g/mol. The van der Waals surface area contributed by atoms with Gasteiger partial charge in [-0.25, -0.2) is 9.78 Å². The Bertz CT molecular complexity index is 768. The van der Waals surface area contributed by atoms with Crippen LogP contribution in [0, 0.1) is 5.92 Å². The molecule has 1 N–H and O–H groups in total. The molecule has 0 unspecified atom stereocenters. The van der Waals surface area contributed by atoms with Gasteiger partial charge in [-0.1, -0.05) is 37.6 Å². The fraction of sp³-hybridized carbons (Fsp3) is 0.389. The zero-order chi connectivity index (χ0) is 18.0. The summed E-state index contributed by atoms with van der Waals surface area (Å²) in [6.45, 7) is 6.49. The lowest BCUT2D eigenvalue weighted by atomic mass is 10.0. The number of aromatic nitrogens is 2. The summed E-state index contributed by atoms with van der Waals surface area (Å²) < 4.78 is 5.19. The fourth-order valence-electron chi connectivity index (χ4n) is 2.80. The number of carbonyl (C=O) groups is 1. The Hall–Kier alpha value is -2.34. The molecule has 0 radical (unpaired) electrons. The molecular weight excluding hydrogens is 340 g/mol. The third-order valence-electron chi connectivity index (χ3n) is 4.26. The molecule has 6 nitrogen and oxygen atoms in total. The molecule has 2 aromatic rings. The molecule has 3 rings (SSSR count). The number of anilines is 2. The molecular formula is C18H21ClN4O2. The summed E-state index contributed by atoms with van der Waals surface area (Å²) in [4.78, 5) is 22.4. The summed E-state index contributed by atoms with van der Waals surface area (Å²) in [5.41, 5.74) is 1.03. The van der Waals surface area contributed by atoms with Crippen molar-refractivity contribution in [2.75, 3.05) is 16.8 Å². The van der Waals surface area contributed by atoms with E-state index in [1.54, 1.807) is 17.2 Å². The van der Waals surface area contributed by atoms with Crippen molar-refractivity contribution in [1.29, 1.82) is 0 Å². The molecule has 1 fully saturated rings. The first-order valence-corrected chi connectivity index (χ1v) is 8.64. The number of nitrogens with one attached hydrogen (secondary N) is 1. The molecule has 0 bridgehead atoms. The number of hydrogen-bond donors (Lipinski definition) is 1. The summed E-state index contributed by atoms with van der Waals surface area (Å²) in [6, 6.07) is 9.29. The van der Waals surface area contributed by atoms with Gasteiger partial charge in [0.2, 0.25) is 5.95 Å². The average molecular weight is 361 g/mol. The average Bonchev–Trinajstić information content (AvgIpc) is 2.97. The summed E-state index contributed by atoms with van der Waals surface area (Å²) in [5.74, 6) is 1.26. The molecule has 2 heterocycles. The van der Waals surface area contributed by atoms with Crippen LogP contribution in [0.4, 0.5) is 16.6 Å². The van der Waals surface area contributed by atoms with Crippen LogP contribution in [0.25, 0.3) is 0 Å². The van der Waals surface area contributed by atoms with Crippen molar-refractivity contribution < 1.29 is 9.53 Å². The van der Waals surface area contributed by atoms with Crippen molar-refractivity contribution in [3.8, 4) is 0 Å². The number of rotatable bonds is 5. The van der Waals surface area contributed by atoms with Crippen molar-refractivity contribution in [3.63, 3.8) is 0 Å². The van der Waals surface area contributed by atoms with E-state index in [2.05, 4.69) is 29.1 Å². The van der Waals surface area contributed by atoms with Gasteiger partial charge in [0.05, 0.1) is 12.1 Å². The summed E-state index contributed by atoms with van der Waals surface area (Å²) in [7, 11) is 0. The van der Waals surface area contributed by atoms with E-state index in [4.69, 9.17) is 16.3 Å². The molecule has 1 aromatic carbocycles. The SMILES string of the molecule is CC(C)[C@H]1COC(=O)N1c1ccnc(N[C@@H](C)c2cccc(Cl)c2)n1. The standard InChI is InChI=1S/C18H21ClN4O2/c1-11(2)15-10-25-18(24)23(15)16-7-8-20-17(22-16)21-12(3)13-5-4-6-14(19)9-13/h4-9,11-12,15H,10H2,1-3H3,(H,20,21,22)/t12-,15+/m0/s1. The molecule has 132 valence electrons. The van der Waals surface area contributed by atoms with Crippen molar-refractivity contribution in [1.82, 2.24) is 9.97 Å². The topological polar surface area (TPSA) is 67.3 Å². The zero-order valence-electron chi connectivity index (χ0n) is 14.4. The highest BCUT2D eigenvalue weighted by Gasteiger charge is 2.37. The van der Waals surface area contributed by atoms with E-state index in [-0.39, 0.29) is 24.1 Å². The minimum atomic E-state index is -0.369. The molecule has 7 heteroatoms. The molecule has 2 atom stereocenters. The van der Waals surface area contributed by atoms with Crippen molar-refractivity contribution in [2.24, 2.45) is 5.92 Å². The van der Waals surface area contributed by atoms with Gasteiger partial charge in [-0.05, 0) is 36.6 Å². The predicted octanol–water partition coefficient (Wildman–Crippen LogP) is 4.28. The summed E-state index contributed by atoms with van der Waals surface area (Å²) in [5, 5.41) is 3.93. The van der Waals surface area contributed by atoms with Crippen LogP contribution in [-0.2, 0) is 4.74 Å². The van der Waals surface area contributed by atoms with E-state index in [0.717, 1.165) is 5.56 Å². The van der Waals surface area contributed by atoms with Crippen molar-refractivity contribution in [3.05, 3.63) is 47.1 Å². The summed E-state index contributed by atoms with van der Waals surface area (Å²) >= 11 is 6.05. The number of hydrogen-bond acceptors (Lipinski definition) is 5. The third kappa shape index (κ3) is 3.85. The van der Waals surface area contributed by atoms with E-state index in [0.29, 0.717) is 23.4 Å². The lowest BCUT2D eigenvalue weighted by Gasteiger charge is -2.23. The molecule has 1 aliphatic heterocycles. The van der Waals surface area contributed by atoms with E-state index in [1.165, 1.54) is 0 Å². The van der Waals surface area contributed by atoms with Crippen LogP contribution in [0.15, 0.2) is 36.5 Å². The molecule has 1 aromatic heterocycles. The highest BCUT2D eigenvalue weighted by molar-refractivity contribution is 6.30. The highest BCUT2D eigenvalue weighted by atomic mass is 35.5. The first-order chi connectivity index (χ1) is 12.0. The number of carbonyl (C=O) groups excluding carboxylic acids is 1. The third-order valence-corrected chi connectivity index (χ3v) is 4.49. The quantitative estimate of drug-likeness (QED) is 0.861. The maximum absolute atomic E-state index is 12.1. The Morgan fingerprint density at radius 3 is 2.84 bits per heavy atom. The van der Waals surface area contributed by atoms with Crippen LogP contribution in [-0.4, -0.2) is 28.7 Å². The minimum Gasteiger partial charge on any atom is -0.447 e. The molecule has 0 aliphatic carbocycles. The van der Waals surface area contributed by atoms with Crippen LogP contribution in [0.2, 0.25) is 5.02 Å². The minimum absolute atomic E-state index is 0.0272. The Morgan fingerprint density at radius 2 is 2.12 bits per heavy atom. The van der Waals surface area contributed by atoms with E-state index in [9.17, 15) is 4.79 Å². The Kier molecular flexibility index (Phi) is 5.08. The molecule has 1 amide bonds. The smallest absolute Gasteiger partial charge is 0.415 e. The predicted molar refractivity (Wildman–Crippen MR) is 98.0 cm³/mol. The second-order valence-electron chi connectivity index (χ2n) is 6.42. The van der Waals surface area contributed by atoms with Crippen LogP contribution in [0.3, 0.4) is 0 Å². The first kappa shape index (κ1) is 17.5. The van der Waals surface area contributed by atoms with Crippen LogP contribution in [0.1, 0.15) is 32.4 Å². The normalized spacial score (nSPS) is 18.4. The largest absolute Gasteiger partial charge is 0.447 e. The maximum Gasteiger partial charge on any atom is 0.415 e. The first-order valence-electron chi connectivity index (χ1n) is 8.26. The lowest BCUT2D eigenvalue weighted by Crippen LogP contribution is -2.37. The number of halogens is 1. The van der Waals surface area contributed by atoms with Crippen LogP contribution < -0.4 is 10.2 Å². The second kappa shape index (κ2) is 7.27. The van der Waals surface area contributed by atoms with Gasteiger partial charge in [-0.2, -0.15) is 4.98 Å². The van der Waals surface area contributed by atoms with Gasteiger partial charge in [0.25, 0.3) is 0 Å². The lowest BCUT2D eigenvalue weighted by molar-refractivity contribution is 0.177. The van der Waals surface area contributed by atoms with Crippen molar-refractivity contribution >= 4 is 29.5 Å². The fourth-order valence-corrected chi connectivity index (χ4v) is 2.99. The van der Waals surface area contributed by atoms with Gasteiger partial charge < -0.3 is 10.1 Å². The van der Waals surface area contributed by atoms with Crippen molar-refractivity contribution in [2.45, 2.75) is 32.9 Å². The van der Waals surface area contributed by atoms with Crippen LogP contribution >= 0.6 is 11.6 Å². The highest BCUT2D eigenvalue weighted by Crippen LogP contribution is 2.27. The van der Waals surface area contributed by atoms with E-state index in [1.807, 2.05) is 31.2 Å². The number of cyclic esters (lactones) is 1.